The molecule has 2 bridgehead atoms. The molecule has 0 saturated carbocycles. The normalized spacial score (nSPS) is 27.7. The standard InChI is InChI=1S/C22H24O3Si/c1-26(2,3)14-13-18-9-7-8-12-20(18)22-23-15-21(16-24-22,17-25-22)19-10-5-4-6-11-19/h4-12H,15-17H2,1-3H3. The summed E-state index contributed by atoms with van der Waals surface area (Å²) in [6.07, 6.45) is 0. The summed E-state index contributed by atoms with van der Waals surface area (Å²) in [4.78, 5) is 0. The molecule has 0 aliphatic carbocycles. The molecule has 0 N–H and O–H groups in total. The van der Waals surface area contributed by atoms with Gasteiger partial charge in [0, 0.05) is 5.56 Å². The third-order valence-electron chi connectivity index (χ3n) is 4.83. The van der Waals surface area contributed by atoms with Crippen molar-refractivity contribution >= 4 is 8.07 Å². The Morgan fingerprint density at radius 1 is 0.808 bits per heavy atom. The molecule has 0 spiro atoms. The van der Waals surface area contributed by atoms with Gasteiger partial charge >= 0.3 is 5.97 Å². The summed E-state index contributed by atoms with van der Waals surface area (Å²) in [7, 11) is -1.48. The van der Waals surface area contributed by atoms with Crippen LogP contribution in [0.2, 0.25) is 19.6 Å². The van der Waals surface area contributed by atoms with Crippen molar-refractivity contribution in [1.29, 1.82) is 0 Å². The van der Waals surface area contributed by atoms with E-state index in [1.54, 1.807) is 0 Å². The van der Waals surface area contributed by atoms with Crippen molar-refractivity contribution < 1.29 is 14.2 Å². The predicted molar refractivity (Wildman–Crippen MR) is 104 cm³/mol. The molecule has 0 aromatic heterocycles. The summed E-state index contributed by atoms with van der Waals surface area (Å²) in [6.45, 7) is 8.44. The van der Waals surface area contributed by atoms with Crippen molar-refractivity contribution in [2.24, 2.45) is 0 Å². The van der Waals surface area contributed by atoms with E-state index >= 15 is 0 Å². The predicted octanol–water partition coefficient (Wildman–Crippen LogP) is 4.04. The maximum Gasteiger partial charge on any atom is 0.313 e. The van der Waals surface area contributed by atoms with Gasteiger partial charge in [-0.25, -0.2) is 0 Å². The minimum Gasteiger partial charge on any atom is -0.322 e. The van der Waals surface area contributed by atoms with Crippen LogP contribution in [-0.4, -0.2) is 27.9 Å². The van der Waals surface area contributed by atoms with Crippen LogP contribution in [0.15, 0.2) is 54.6 Å². The molecule has 26 heavy (non-hydrogen) atoms. The minimum atomic E-state index is -1.48. The highest BCUT2D eigenvalue weighted by Gasteiger charge is 2.55. The highest BCUT2D eigenvalue weighted by Crippen LogP contribution is 2.46. The van der Waals surface area contributed by atoms with E-state index in [9.17, 15) is 0 Å². The highest BCUT2D eigenvalue weighted by atomic mass is 28.3. The lowest BCUT2D eigenvalue weighted by Crippen LogP contribution is -2.60. The maximum absolute atomic E-state index is 6.18. The zero-order valence-electron chi connectivity index (χ0n) is 15.5. The van der Waals surface area contributed by atoms with Gasteiger partial charge < -0.3 is 14.2 Å². The summed E-state index contributed by atoms with van der Waals surface area (Å²) in [5, 5.41) is 0. The Balaban J connectivity index is 1.65. The lowest BCUT2D eigenvalue weighted by atomic mass is 9.80. The molecule has 3 aliphatic rings. The van der Waals surface area contributed by atoms with Crippen LogP contribution in [0.5, 0.6) is 0 Å². The molecule has 0 amide bonds. The van der Waals surface area contributed by atoms with Crippen LogP contribution < -0.4 is 0 Å². The number of rotatable bonds is 2. The Bertz CT molecular complexity index is 834. The van der Waals surface area contributed by atoms with Gasteiger partial charge in [-0.3, -0.25) is 0 Å². The second-order valence-electron chi connectivity index (χ2n) is 8.11. The second kappa shape index (κ2) is 6.36. The van der Waals surface area contributed by atoms with E-state index in [1.807, 2.05) is 42.5 Å². The molecule has 2 aromatic carbocycles. The SMILES string of the molecule is C[Si](C)(C)C#Cc1ccccc1C12OCC(c3ccccc3)(CO1)CO2. The lowest BCUT2D eigenvalue weighted by Gasteiger charge is -2.52. The fourth-order valence-electron chi connectivity index (χ4n) is 3.34. The summed E-state index contributed by atoms with van der Waals surface area (Å²) in [6, 6.07) is 18.3. The molecule has 3 saturated heterocycles. The zero-order valence-corrected chi connectivity index (χ0v) is 16.5. The van der Waals surface area contributed by atoms with Gasteiger partial charge in [0.25, 0.3) is 0 Å². The van der Waals surface area contributed by atoms with Gasteiger partial charge in [-0.15, -0.1) is 5.54 Å². The molecule has 0 radical (unpaired) electrons. The van der Waals surface area contributed by atoms with E-state index in [2.05, 4.69) is 43.2 Å². The second-order valence-corrected chi connectivity index (χ2v) is 12.9. The van der Waals surface area contributed by atoms with Gasteiger partial charge in [-0.2, -0.15) is 0 Å². The largest absolute Gasteiger partial charge is 0.322 e. The van der Waals surface area contributed by atoms with E-state index in [-0.39, 0.29) is 5.41 Å². The van der Waals surface area contributed by atoms with Gasteiger partial charge in [0.15, 0.2) is 0 Å². The van der Waals surface area contributed by atoms with Crippen LogP contribution in [0, 0.1) is 11.5 Å². The average Bonchev–Trinajstić information content (AvgIpc) is 2.68. The number of benzene rings is 2. The fourth-order valence-corrected chi connectivity index (χ4v) is 3.85. The van der Waals surface area contributed by atoms with Crippen molar-refractivity contribution in [3.05, 3.63) is 71.3 Å². The zero-order chi connectivity index (χ0) is 18.3. The average molecular weight is 365 g/mol. The van der Waals surface area contributed by atoms with E-state index in [0.29, 0.717) is 19.8 Å². The Morgan fingerprint density at radius 3 is 2.00 bits per heavy atom. The first kappa shape index (κ1) is 17.5. The van der Waals surface area contributed by atoms with E-state index in [0.717, 1.165) is 11.1 Å². The molecule has 4 heteroatoms. The summed E-state index contributed by atoms with van der Waals surface area (Å²) < 4.78 is 18.5. The Morgan fingerprint density at radius 2 is 1.38 bits per heavy atom. The van der Waals surface area contributed by atoms with Gasteiger partial charge in [0.1, 0.15) is 8.07 Å². The molecule has 3 nitrogen and oxygen atoms in total. The summed E-state index contributed by atoms with van der Waals surface area (Å²) >= 11 is 0. The third kappa shape index (κ3) is 3.13. The van der Waals surface area contributed by atoms with Crippen LogP contribution in [0.25, 0.3) is 0 Å². The molecular weight excluding hydrogens is 340 g/mol. The van der Waals surface area contributed by atoms with Crippen LogP contribution in [0.1, 0.15) is 16.7 Å². The van der Waals surface area contributed by atoms with Gasteiger partial charge in [-0.05, 0) is 17.7 Å². The van der Waals surface area contributed by atoms with Crippen LogP contribution in [0.4, 0.5) is 0 Å². The molecule has 0 unspecified atom stereocenters. The fraction of sp³-hybridized carbons (Fsp3) is 0.364. The lowest BCUT2D eigenvalue weighted by molar-refractivity contribution is -0.466. The van der Waals surface area contributed by atoms with Crippen molar-refractivity contribution in [2.45, 2.75) is 31.0 Å². The van der Waals surface area contributed by atoms with E-state index < -0.39 is 14.0 Å². The summed E-state index contributed by atoms with van der Waals surface area (Å²) in [5.74, 6) is 2.20. The number of ether oxygens (including phenoxy) is 3. The third-order valence-corrected chi connectivity index (χ3v) is 5.71. The monoisotopic (exact) mass is 364 g/mol. The van der Waals surface area contributed by atoms with E-state index in [1.165, 1.54) is 5.56 Å². The van der Waals surface area contributed by atoms with E-state index in [4.69, 9.17) is 14.2 Å². The molecule has 5 rings (SSSR count). The van der Waals surface area contributed by atoms with Gasteiger partial charge in [0.2, 0.25) is 0 Å². The first-order valence-electron chi connectivity index (χ1n) is 9.03. The van der Waals surface area contributed by atoms with Crippen LogP contribution >= 0.6 is 0 Å². The van der Waals surface area contributed by atoms with Crippen LogP contribution in [-0.2, 0) is 25.6 Å². The maximum atomic E-state index is 6.18. The molecule has 0 atom stereocenters. The van der Waals surface area contributed by atoms with Gasteiger partial charge in [0.05, 0.1) is 30.8 Å². The molecule has 3 aliphatic heterocycles. The number of hydrogen-bond acceptors (Lipinski definition) is 3. The molecule has 134 valence electrons. The Kier molecular flexibility index (Phi) is 4.29. The number of hydrogen-bond donors (Lipinski definition) is 0. The molecule has 3 fully saturated rings. The van der Waals surface area contributed by atoms with Crippen molar-refractivity contribution in [1.82, 2.24) is 0 Å². The topological polar surface area (TPSA) is 27.7 Å². The minimum absolute atomic E-state index is 0.234. The van der Waals surface area contributed by atoms with Crippen molar-refractivity contribution in [3.63, 3.8) is 0 Å². The van der Waals surface area contributed by atoms with Crippen molar-refractivity contribution in [3.8, 4) is 11.5 Å². The van der Waals surface area contributed by atoms with Crippen molar-refractivity contribution in [2.75, 3.05) is 19.8 Å². The summed E-state index contributed by atoms with van der Waals surface area (Å²) in [5.41, 5.74) is 6.18. The molecular formula is C22H24O3Si. The van der Waals surface area contributed by atoms with Gasteiger partial charge in [-0.1, -0.05) is 68.0 Å². The Hall–Kier alpha value is -1.90. The molecule has 2 aromatic rings. The first-order chi connectivity index (χ1) is 12.4. The quantitative estimate of drug-likeness (QED) is 0.595. The highest BCUT2D eigenvalue weighted by molar-refractivity contribution is 6.83. The number of fused-ring (bicyclic) bond motifs is 3. The van der Waals surface area contributed by atoms with Crippen LogP contribution in [0.3, 0.4) is 0 Å². The smallest absolute Gasteiger partial charge is 0.313 e. The first-order valence-corrected chi connectivity index (χ1v) is 12.5. The Labute approximate surface area is 156 Å². The molecule has 3 heterocycles.